The predicted octanol–water partition coefficient (Wildman–Crippen LogP) is 1.85. The lowest BCUT2D eigenvalue weighted by Crippen LogP contribution is -2.56. The third kappa shape index (κ3) is 2.86. The van der Waals surface area contributed by atoms with Crippen molar-refractivity contribution in [2.45, 2.75) is 37.2 Å². The van der Waals surface area contributed by atoms with Crippen molar-refractivity contribution in [3.63, 3.8) is 0 Å². The molecule has 130 valence electrons. The second kappa shape index (κ2) is 6.35. The number of piperazine rings is 1. The van der Waals surface area contributed by atoms with Crippen LogP contribution in [0.5, 0.6) is 0 Å². The largest absolute Gasteiger partial charge is 0.338 e. The van der Waals surface area contributed by atoms with Crippen LogP contribution in [0, 0.1) is 0 Å². The van der Waals surface area contributed by atoms with E-state index in [1.807, 2.05) is 9.80 Å². The van der Waals surface area contributed by atoms with Gasteiger partial charge in [-0.15, -0.1) is 11.8 Å². The zero-order valence-corrected chi connectivity index (χ0v) is 15.6. The third-order valence-electron chi connectivity index (χ3n) is 5.40. The fourth-order valence-corrected chi connectivity index (χ4v) is 6.06. The molecule has 0 unspecified atom stereocenters. The summed E-state index contributed by atoms with van der Waals surface area (Å²) >= 11 is 3.50. The van der Waals surface area contributed by atoms with Gasteiger partial charge in [0.25, 0.3) is 0 Å². The minimum absolute atomic E-state index is 0.150. The fourth-order valence-electron chi connectivity index (χ4n) is 3.98. The molecular weight excluding hydrogens is 342 g/mol. The molecule has 1 aromatic rings. The second-order valence-electron chi connectivity index (χ2n) is 7.00. The summed E-state index contributed by atoms with van der Waals surface area (Å²) in [6.07, 6.45) is 1.45. The molecule has 24 heavy (non-hydrogen) atoms. The summed E-state index contributed by atoms with van der Waals surface area (Å²) in [5.74, 6) is 1.05. The van der Waals surface area contributed by atoms with E-state index in [9.17, 15) is 9.59 Å². The van der Waals surface area contributed by atoms with Gasteiger partial charge in [0.05, 0.1) is 4.87 Å². The van der Waals surface area contributed by atoms with E-state index >= 15 is 0 Å². The van der Waals surface area contributed by atoms with E-state index in [0.29, 0.717) is 6.42 Å². The van der Waals surface area contributed by atoms with Gasteiger partial charge in [0.1, 0.15) is 6.04 Å². The first-order chi connectivity index (χ1) is 11.6. The number of carbonyl (C=O) groups is 2. The maximum atomic E-state index is 13.0. The monoisotopic (exact) mass is 365 g/mol. The van der Waals surface area contributed by atoms with Crippen molar-refractivity contribution in [2.24, 2.45) is 0 Å². The van der Waals surface area contributed by atoms with Gasteiger partial charge in [-0.2, -0.15) is 11.3 Å². The molecule has 3 saturated heterocycles. The van der Waals surface area contributed by atoms with Crippen molar-refractivity contribution in [1.82, 2.24) is 14.7 Å². The number of nitrogens with zero attached hydrogens (tertiary/aromatic N) is 3. The molecule has 3 aliphatic rings. The number of rotatable bonds is 3. The minimum atomic E-state index is -0.251. The molecule has 2 atom stereocenters. The van der Waals surface area contributed by atoms with E-state index in [4.69, 9.17) is 0 Å². The zero-order chi connectivity index (χ0) is 16.7. The second-order valence-corrected chi connectivity index (χ2v) is 9.28. The van der Waals surface area contributed by atoms with Gasteiger partial charge in [-0.1, -0.05) is 0 Å². The van der Waals surface area contributed by atoms with Gasteiger partial charge in [-0.25, -0.2) is 0 Å². The highest BCUT2D eigenvalue weighted by atomic mass is 32.2. The molecule has 0 spiro atoms. The highest BCUT2D eigenvalue weighted by molar-refractivity contribution is 8.01. The van der Waals surface area contributed by atoms with Crippen LogP contribution in [-0.2, 0) is 16.1 Å². The Labute approximate surface area is 151 Å². The van der Waals surface area contributed by atoms with Crippen molar-refractivity contribution in [3.05, 3.63) is 22.4 Å². The summed E-state index contributed by atoms with van der Waals surface area (Å²) < 4.78 is 0. The van der Waals surface area contributed by atoms with Gasteiger partial charge in [0.15, 0.2) is 0 Å². The Balaban J connectivity index is 1.36. The Kier molecular flexibility index (Phi) is 4.34. The predicted molar refractivity (Wildman–Crippen MR) is 96.9 cm³/mol. The van der Waals surface area contributed by atoms with E-state index in [0.717, 1.165) is 44.9 Å². The molecule has 4 heterocycles. The van der Waals surface area contributed by atoms with Crippen LogP contribution < -0.4 is 0 Å². The molecule has 7 heteroatoms. The van der Waals surface area contributed by atoms with Gasteiger partial charge < -0.3 is 9.80 Å². The summed E-state index contributed by atoms with van der Waals surface area (Å²) in [6, 6.07) is 1.91. The average Bonchev–Trinajstić information content (AvgIpc) is 3.26. The van der Waals surface area contributed by atoms with Crippen molar-refractivity contribution in [1.29, 1.82) is 0 Å². The Morgan fingerprint density at radius 3 is 2.83 bits per heavy atom. The van der Waals surface area contributed by atoms with Gasteiger partial charge in [-0.05, 0) is 35.7 Å². The molecule has 0 saturated carbocycles. The molecule has 0 aliphatic carbocycles. The summed E-state index contributed by atoms with van der Waals surface area (Å²) in [4.78, 5) is 31.3. The van der Waals surface area contributed by atoms with Crippen molar-refractivity contribution >= 4 is 34.9 Å². The molecule has 1 aromatic heterocycles. The molecule has 0 radical (unpaired) electrons. The fraction of sp³-hybridized carbons (Fsp3) is 0.647. The third-order valence-corrected chi connectivity index (χ3v) is 7.64. The lowest BCUT2D eigenvalue weighted by molar-refractivity contribution is -0.144. The molecule has 5 nitrogen and oxygen atoms in total. The number of amides is 2. The molecule has 2 amide bonds. The normalized spacial score (nSPS) is 30.9. The Bertz CT molecular complexity index is 628. The number of thiophene rings is 1. The number of thioether (sulfide) groups is 1. The smallest absolute Gasteiger partial charge is 0.246 e. The Morgan fingerprint density at radius 1 is 1.33 bits per heavy atom. The maximum absolute atomic E-state index is 13.0. The van der Waals surface area contributed by atoms with Crippen molar-refractivity contribution < 1.29 is 9.59 Å². The minimum Gasteiger partial charge on any atom is -0.338 e. The molecule has 0 bridgehead atoms. The van der Waals surface area contributed by atoms with Crippen LogP contribution in [0.15, 0.2) is 16.8 Å². The summed E-state index contributed by atoms with van der Waals surface area (Å²) in [6.45, 7) is 6.42. The van der Waals surface area contributed by atoms with Crippen LogP contribution in [0.4, 0.5) is 0 Å². The zero-order valence-electron chi connectivity index (χ0n) is 13.9. The highest BCUT2D eigenvalue weighted by Gasteiger charge is 2.53. The van der Waals surface area contributed by atoms with Gasteiger partial charge in [0.2, 0.25) is 11.8 Å². The first kappa shape index (κ1) is 16.4. The van der Waals surface area contributed by atoms with Crippen LogP contribution >= 0.6 is 23.1 Å². The van der Waals surface area contributed by atoms with E-state index in [-0.39, 0.29) is 22.7 Å². The average molecular weight is 366 g/mol. The van der Waals surface area contributed by atoms with Crippen molar-refractivity contribution in [2.75, 3.05) is 31.9 Å². The van der Waals surface area contributed by atoms with Crippen molar-refractivity contribution in [3.8, 4) is 0 Å². The van der Waals surface area contributed by atoms with E-state index < -0.39 is 0 Å². The van der Waals surface area contributed by atoms with E-state index in [1.54, 1.807) is 23.1 Å². The molecule has 3 aliphatic heterocycles. The lowest BCUT2D eigenvalue weighted by atomic mass is 10.2. The van der Waals surface area contributed by atoms with Crippen LogP contribution in [-0.4, -0.2) is 69.4 Å². The van der Waals surface area contributed by atoms with E-state index in [1.165, 1.54) is 5.56 Å². The first-order valence-corrected chi connectivity index (χ1v) is 10.5. The van der Waals surface area contributed by atoms with E-state index in [2.05, 4.69) is 28.7 Å². The van der Waals surface area contributed by atoms with Gasteiger partial charge >= 0.3 is 0 Å². The highest BCUT2D eigenvalue weighted by Crippen LogP contribution is 2.47. The van der Waals surface area contributed by atoms with Gasteiger partial charge in [-0.3, -0.25) is 14.5 Å². The topological polar surface area (TPSA) is 43.9 Å². The number of fused-ring (bicyclic) bond motifs is 1. The molecule has 3 fully saturated rings. The molecule has 0 N–H and O–H groups in total. The standard InChI is InChI=1S/C17H23N3O2S2/c1-17-4-2-15(21)20(17)14(12-24-17)16(22)19-7-5-18(6-8-19)10-13-3-9-23-11-13/h3,9,11,14H,2,4-8,10,12H2,1H3/t14-,17+/m0/s1. The first-order valence-electron chi connectivity index (χ1n) is 8.55. The van der Waals surface area contributed by atoms with Crippen LogP contribution in [0.3, 0.4) is 0 Å². The molecule has 4 rings (SSSR count). The van der Waals surface area contributed by atoms with Crippen LogP contribution in [0.2, 0.25) is 0 Å². The summed E-state index contributed by atoms with van der Waals surface area (Å²) in [7, 11) is 0. The number of carbonyl (C=O) groups excluding carboxylic acids is 2. The summed E-state index contributed by atoms with van der Waals surface area (Å²) in [5.41, 5.74) is 1.35. The van der Waals surface area contributed by atoms with Crippen LogP contribution in [0.25, 0.3) is 0 Å². The maximum Gasteiger partial charge on any atom is 0.246 e. The van der Waals surface area contributed by atoms with Crippen LogP contribution in [0.1, 0.15) is 25.3 Å². The Morgan fingerprint density at radius 2 is 2.12 bits per heavy atom. The SMILES string of the molecule is C[C@@]12CCC(=O)N1[C@H](C(=O)N1CCN(Cc3ccsc3)CC1)CS2. The quantitative estimate of drug-likeness (QED) is 0.820. The van der Waals surface area contributed by atoms with Gasteiger partial charge in [0, 0.05) is 44.9 Å². The lowest BCUT2D eigenvalue weighted by Gasteiger charge is -2.38. The Hall–Kier alpha value is -1.05. The number of hydrogen-bond acceptors (Lipinski definition) is 5. The number of hydrogen-bond donors (Lipinski definition) is 0. The molecular formula is C17H23N3O2S2. The summed E-state index contributed by atoms with van der Waals surface area (Å²) in [5, 5.41) is 4.30. The molecule has 0 aromatic carbocycles.